The van der Waals surface area contributed by atoms with E-state index in [0.29, 0.717) is 0 Å². The molecule has 0 radical (unpaired) electrons. The lowest BCUT2D eigenvalue weighted by molar-refractivity contribution is 0.143. The minimum Gasteiger partial charge on any atom is -0.396 e. The van der Waals surface area contributed by atoms with Gasteiger partial charge in [-0.05, 0) is 41.4 Å². The summed E-state index contributed by atoms with van der Waals surface area (Å²) in [5, 5.41) is 14.9. The van der Waals surface area contributed by atoms with Gasteiger partial charge in [-0.25, -0.2) is 0 Å². The van der Waals surface area contributed by atoms with E-state index in [1.165, 1.54) is 4.88 Å². The summed E-state index contributed by atoms with van der Waals surface area (Å²) in [4.78, 5) is 1.36. The van der Waals surface area contributed by atoms with Crippen molar-refractivity contribution in [1.82, 2.24) is 5.32 Å². The van der Waals surface area contributed by atoms with Crippen molar-refractivity contribution < 1.29 is 5.11 Å². The molecule has 1 aromatic rings. The van der Waals surface area contributed by atoms with Crippen LogP contribution in [0.1, 0.15) is 11.3 Å². The van der Waals surface area contributed by atoms with Crippen LogP contribution in [0.15, 0.2) is 15.9 Å². The van der Waals surface area contributed by atoms with Gasteiger partial charge >= 0.3 is 0 Å². The second-order valence-corrected chi connectivity index (χ2v) is 5.90. The number of halogens is 1. The monoisotopic (exact) mass is 275 g/mol. The molecule has 1 atom stereocenters. The predicted molar refractivity (Wildman–Crippen MR) is 62.7 cm³/mol. The van der Waals surface area contributed by atoms with E-state index in [-0.39, 0.29) is 12.0 Å². The smallest absolute Gasteiger partial charge is 0.0503 e. The maximum atomic E-state index is 9.44. The predicted octanol–water partition coefficient (Wildman–Crippen LogP) is 2.03. The highest BCUT2D eigenvalue weighted by Gasteiger charge is 2.33. The molecule has 0 amide bonds. The van der Waals surface area contributed by atoms with Crippen molar-refractivity contribution in [1.29, 1.82) is 0 Å². The van der Waals surface area contributed by atoms with E-state index in [0.717, 1.165) is 30.4 Å². The second kappa shape index (κ2) is 4.31. The Morgan fingerprint density at radius 3 is 3.00 bits per heavy atom. The van der Waals surface area contributed by atoms with E-state index >= 15 is 0 Å². The van der Waals surface area contributed by atoms with E-state index in [4.69, 9.17) is 0 Å². The van der Waals surface area contributed by atoms with E-state index in [9.17, 15) is 5.11 Å². The average molecular weight is 276 g/mol. The Morgan fingerprint density at radius 2 is 2.50 bits per heavy atom. The fraction of sp³-hybridized carbons (Fsp3) is 0.600. The summed E-state index contributed by atoms with van der Waals surface area (Å²) >= 11 is 5.22. The second-order valence-electron chi connectivity index (χ2n) is 3.99. The maximum absolute atomic E-state index is 9.44. The molecule has 0 aromatic carbocycles. The first-order valence-electron chi connectivity index (χ1n) is 4.79. The highest BCUT2D eigenvalue weighted by atomic mass is 79.9. The Labute approximate surface area is 96.5 Å². The van der Waals surface area contributed by atoms with Crippen LogP contribution in [0.2, 0.25) is 0 Å². The molecule has 0 spiro atoms. The topological polar surface area (TPSA) is 32.3 Å². The number of rotatable bonds is 3. The van der Waals surface area contributed by atoms with Gasteiger partial charge in [-0.15, -0.1) is 11.3 Å². The molecule has 78 valence electrons. The summed E-state index contributed by atoms with van der Waals surface area (Å²) in [5.74, 6) is 0. The third-order valence-electron chi connectivity index (χ3n) is 2.84. The van der Waals surface area contributed by atoms with Gasteiger partial charge in [0.15, 0.2) is 0 Å². The molecule has 14 heavy (non-hydrogen) atoms. The van der Waals surface area contributed by atoms with Crippen LogP contribution < -0.4 is 5.32 Å². The van der Waals surface area contributed by atoms with Crippen LogP contribution in [0, 0.1) is 5.41 Å². The summed E-state index contributed by atoms with van der Waals surface area (Å²) in [6.45, 7) is 2.27. The van der Waals surface area contributed by atoms with Crippen molar-refractivity contribution in [3.63, 3.8) is 0 Å². The molecule has 1 saturated heterocycles. The van der Waals surface area contributed by atoms with Gasteiger partial charge in [0, 0.05) is 26.7 Å². The quantitative estimate of drug-likeness (QED) is 0.885. The molecule has 2 rings (SSSR count). The number of hydrogen-bond donors (Lipinski definition) is 2. The minimum absolute atomic E-state index is 0.0876. The summed E-state index contributed by atoms with van der Waals surface area (Å²) in [6, 6.07) is 2.15. The molecule has 2 N–H and O–H groups in total. The van der Waals surface area contributed by atoms with Crippen molar-refractivity contribution >= 4 is 27.3 Å². The number of aliphatic hydroxyl groups is 1. The minimum atomic E-state index is 0.0876. The Bertz CT molecular complexity index is 307. The van der Waals surface area contributed by atoms with Crippen LogP contribution in [0.4, 0.5) is 0 Å². The van der Waals surface area contributed by atoms with Crippen LogP contribution >= 0.6 is 27.3 Å². The Kier molecular flexibility index (Phi) is 3.27. The van der Waals surface area contributed by atoms with Crippen LogP contribution in [0.3, 0.4) is 0 Å². The normalized spacial score (nSPS) is 27.0. The van der Waals surface area contributed by atoms with Gasteiger partial charge in [-0.1, -0.05) is 0 Å². The SMILES string of the molecule is OCC1(Cc2cc(Br)cs2)CCNC1. The van der Waals surface area contributed by atoms with Crippen LogP contribution in [-0.2, 0) is 6.42 Å². The van der Waals surface area contributed by atoms with E-state index in [2.05, 4.69) is 32.7 Å². The maximum Gasteiger partial charge on any atom is 0.0503 e. The van der Waals surface area contributed by atoms with E-state index in [1.54, 1.807) is 11.3 Å². The number of thiophene rings is 1. The molecule has 0 saturated carbocycles. The van der Waals surface area contributed by atoms with Crippen LogP contribution in [-0.4, -0.2) is 24.8 Å². The number of nitrogens with one attached hydrogen (secondary N) is 1. The zero-order valence-electron chi connectivity index (χ0n) is 7.92. The molecule has 2 nitrogen and oxygen atoms in total. The molecular weight excluding hydrogens is 262 g/mol. The summed E-state index contributed by atoms with van der Waals surface area (Å²) in [6.07, 6.45) is 2.08. The first kappa shape index (κ1) is 10.6. The third-order valence-corrected chi connectivity index (χ3v) is 4.54. The molecular formula is C10H14BrNOS. The third kappa shape index (κ3) is 2.19. The molecule has 1 aliphatic heterocycles. The highest BCUT2D eigenvalue weighted by Crippen LogP contribution is 2.32. The highest BCUT2D eigenvalue weighted by molar-refractivity contribution is 9.10. The number of hydrogen-bond acceptors (Lipinski definition) is 3. The lowest BCUT2D eigenvalue weighted by Crippen LogP contribution is -2.30. The van der Waals surface area contributed by atoms with Crippen LogP contribution in [0.5, 0.6) is 0 Å². The lowest BCUT2D eigenvalue weighted by Gasteiger charge is -2.24. The average Bonchev–Trinajstić information content (AvgIpc) is 2.77. The lowest BCUT2D eigenvalue weighted by atomic mass is 9.84. The van der Waals surface area contributed by atoms with Crippen molar-refractivity contribution in [3.05, 3.63) is 20.8 Å². The van der Waals surface area contributed by atoms with E-state index < -0.39 is 0 Å². The van der Waals surface area contributed by atoms with Crippen molar-refractivity contribution in [2.45, 2.75) is 12.8 Å². The molecule has 4 heteroatoms. The summed E-state index contributed by atoms with van der Waals surface area (Å²) in [7, 11) is 0. The Morgan fingerprint density at radius 1 is 1.64 bits per heavy atom. The van der Waals surface area contributed by atoms with Gasteiger partial charge in [-0.2, -0.15) is 0 Å². The van der Waals surface area contributed by atoms with Gasteiger partial charge < -0.3 is 10.4 Å². The zero-order valence-corrected chi connectivity index (χ0v) is 10.3. The molecule has 0 aliphatic carbocycles. The van der Waals surface area contributed by atoms with E-state index in [1.807, 2.05) is 0 Å². The first-order chi connectivity index (χ1) is 6.74. The molecule has 1 aliphatic rings. The van der Waals surface area contributed by atoms with Gasteiger partial charge in [0.25, 0.3) is 0 Å². The zero-order chi connectivity index (χ0) is 10.0. The first-order valence-corrected chi connectivity index (χ1v) is 6.46. The molecule has 2 heterocycles. The van der Waals surface area contributed by atoms with Gasteiger partial charge in [0.1, 0.15) is 0 Å². The van der Waals surface area contributed by atoms with Crippen molar-refractivity contribution in [3.8, 4) is 0 Å². The molecule has 0 bridgehead atoms. The Hall–Kier alpha value is 0.1000. The van der Waals surface area contributed by atoms with Gasteiger partial charge in [0.2, 0.25) is 0 Å². The summed E-state index contributed by atoms with van der Waals surface area (Å²) in [5.41, 5.74) is 0.0876. The molecule has 1 aromatic heterocycles. The van der Waals surface area contributed by atoms with Crippen molar-refractivity contribution in [2.24, 2.45) is 5.41 Å². The van der Waals surface area contributed by atoms with Gasteiger partial charge in [-0.3, -0.25) is 0 Å². The fourth-order valence-electron chi connectivity index (χ4n) is 1.95. The van der Waals surface area contributed by atoms with Crippen LogP contribution in [0.25, 0.3) is 0 Å². The largest absolute Gasteiger partial charge is 0.396 e. The fourth-order valence-corrected chi connectivity index (χ4v) is 3.58. The molecule has 1 fully saturated rings. The standard InChI is InChI=1S/C10H14BrNOS/c11-8-3-9(14-5-8)4-10(7-13)1-2-12-6-10/h3,5,12-13H,1-2,4,6-7H2. The van der Waals surface area contributed by atoms with Gasteiger partial charge in [0.05, 0.1) is 6.61 Å². The molecule has 1 unspecified atom stereocenters. The number of aliphatic hydroxyl groups excluding tert-OH is 1. The summed E-state index contributed by atoms with van der Waals surface area (Å²) < 4.78 is 1.15. The Balaban J connectivity index is 2.08. The van der Waals surface area contributed by atoms with Crippen molar-refractivity contribution in [2.75, 3.05) is 19.7 Å².